The number of thiocarbonyl (C=S) groups is 1. The van der Waals surface area contributed by atoms with Gasteiger partial charge in [-0.2, -0.15) is 16.9 Å². The predicted octanol–water partition coefficient (Wildman–Crippen LogP) is 4.43. The highest BCUT2D eigenvalue weighted by atomic mass is 32.2. The summed E-state index contributed by atoms with van der Waals surface area (Å²) in [5.41, 5.74) is 3.13. The number of hydrazone groups is 1. The minimum Gasteiger partial charge on any atom is -0.356 e. The van der Waals surface area contributed by atoms with Crippen LogP contribution in [-0.4, -0.2) is 56.2 Å². The van der Waals surface area contributed by atoms with Gasteiger partial charge in [0.1, 0.15) is 4.32 Å². The summed E-state index contributed by atoms with van der Waals surface area (Å²) in [6, 6.07) is 20.2. The Morgan fingerprint density at radius 2 is 1.72 bits per heavy atom. The number of thioether (sulfide) groups is 2. The lowest BCUT2D eigenvalue weighted by molar-refractivity contribution is -0.130. The van der Waals surface area contributed by atoms with Crippen molar-refractivity contribution in [3.63, 3.8) is 0 Å². The molecule has 0 N–H and O–H groups in total. The van der Waals surface area contributed by atoms with Crippen molar-refractivity contribution in [2.75, 3.05) is 30.3 Å². The molecule has 0 spiro atoms. The molecule has 29 heavy (non-hydrogen) atoms. The van der Waals surface area contributed by atoms with E-state index in [0.29, 0.717) is 5.75 Å². The van der Waals surface area contributed by atoms with Crippen LogP contribution in [0.5, 0.6) is 0 Å². The zero-order chi connectivity index (χ0) is 20.1. The van der Waals surface area contributed by atoms with Gasteiger partial charge in [0.25, 0.3) is 5.91 Å². The van der Waals surface area contributed by atoms with Gasteiger partial charge in [0.05, 0.1) is 17.5 Å². The van der Waals surface area contributed by atoms with Gasteiger partial charge in [0, 0.05) is 31.0 Å². The molecule has 2 aliphatic rings. The van der Waals surface area contributed by atoms with Crippen molar-refractivity contribution in [3.8, 4) is 0 Å². The third-order valence-corrected chi connectivity index (χ3v) is 7.50. The van der Waals surface area contributed by atoms with Crippen molar-refractivity contribution >= 4 is 51.7 Å². The molecule has 0 bridgehead atoms. The van der Waals surface area contributed by atoms with Crippen LogP contribution in [0.1, 0.15) is 23.6 Å². The fourth-order valence-corrected chi connectivity index (χ4v) is 5.51. The van der Waals surface area contributed by atoms with Gasteiger partial charge in [-0.3, -0.25) is 4.79 Å². The highest BCUT2D eigenvalue weighted by molar-refractivity contribution is 8.23. The molecular weight excluding hydrogens is 418 g/mol. The largest absolute Gasteiger partial charge is 0.356 e. The number of amides is 1. The summed E-state index contributed by atoms with van der Waals surface area (Å²) in [6.07, 6.45) is 0.720. The summed E-state index contributed by atoms with van der Waals surface area (Å²) in [7, 11) is 0. The molecule has 2 heterocycles. The summed E-state index contributed by atoms with van der Waals surface area (Å²) in [5.74, 6) is 2.52. The van der Waals surface area contributed by atoms with Crippen molar-refractivity contribution in [3.05, 3.63) is 71.8 Å². The van der Waals surface area contributed by atoms with Crippen molar-refractivity contribution in [2.24, 2.45) is 5.10 Å². The Balaban J connectivity index is 1.48. The standard InChI is InChI=1S/C22H23N3OS3/c26-21(16-29-22(27)24-11-13-28-14-12-24)25-20(18-9-5-2-6-10-18)15-19(23-25)17-7-3-1-4-8-17/h1-10,20H,11-16H2/t20-/m0/s1. The average molecular weight is 442 g/mol. The molecule has 4 nitrogen and oxygen atoms in total. The Morgan fingerprint density at radius 3 is 2.41 bits per heavy atom. The van der Waals surface area contributed by atoms with E-state index in [4.69, 9.17) is 17.3 Å². The monoisotopic (exact) mass is 441 g/mol. The molecule has 0 aromatic heterocycles. The van der Waals surface area contributed by atoms with E-state index in [-0.39, 0.29) is 11.9 Å². The normalized spacial score (nSPS) is 19.2. The van der Waals surface area contributed by atoms with E-state index >= 15 is 0 Å². The van der Waals surface area contributed by atoms with E-state index in [1.165, 1.54) is 11.8 Å². The average Bonchev–Trinajstić information content (AvgIpc) is 3.25. The van der Waals surface area contributed by atoms with E-state index in [0.717, 1.165) is 52.2 Å². The summed E-state index contributed by atoms with van der Waals surface area (Å²) in [4.78, 5) is 15.3. The Labute approximate surface area is 185 Å². The van der Waals surface area contributed by atoms with Gasteiger partial charge in [-0.05, 0) is 11.1 Å². The van der Waals surface area contributed by atoms with E-state index in [9.17, 15) is 4.79 Å². The summed E-state index contributed by atoms with van der Waals surface area (Å²) in [5, 5.41) is 6.40. The minimum absolute atomic E-state index is 0.00326. The molecule has 1 saturated heterocycles. The lowest BCUT2D eigenvalue weighted by atomic mass is 9.98. The Bertz CT molecular complexity index is 883. The second-order valence-corrected chi connectivity index (χ2v) is 9.77. The van der Waals surface area contributed by atoms with Crippen molar-refractivity contribution < 1.29 is 4.79 Å². The summed E-state index contributed by atoms with van der Waals surface area (Å²) in [6.45, 7) is 1.94. The van der Waals surface area contributed by atoms with Crippen LogP contribution in [0.3, 0.4) is 0 Å². The number of hydrogen-bond donors (Lipinski definition) is 0. The first-order chi connectivity index (χ1) is 14.2. The molecule has 0 aliphatic carbocycles. The molecular formula is C22H23N3OS3. The smallest absolute Gasteiger partial charge is 0.253 e. The fourth-order valence-electron chi connectivity index (χ4n) is 3.51. The van der Waals surface area contributed by atoms with Crippen LogP contribution in [0.25, 0.3) is 0 Å². The molecule has 1 fully saturated rings. The van der Waals surface area contributed by atoms with Gasteiger partial charge in [0.2, 0.25) is 0 Å². The van der Waals surface area contributed by atoms with Gasteiger partial charge >= 0.3 is 0 Å². The third-order valence-electron chi connectivity index (χ3n) is 5.05. The Kier molecular flexibility index (Phi) is 6.90. The van der Waals surface area contributed by atoms with Crippen molar-refractivity contribution in [2.45, 2.75) is 12.5 Å². The van der Waals surface area contributed by atoms with Crippen LogP contribution in [0.4, 0.5) is 0 Å². The first-order valence-electron chi connectivity index (χ1n) is 9.72. The second kappa shape index (κ2) is 9.78. The maximum Gasteiger partial charge on any atom is 0.253 e. The van der Waals surface area contributed by atoms with E-state index in [2.05, 4.69) is 17.0 Å². The molecule has 0 radical (unpaired) electrons. The van der Waals surface area contributed by atoms with Crippen LogP contribution in [-0.2, 0) is 4.79 Å². The number of benzene rings is 2. The molecule has 2 aliphatic heterocycles. The van der Waals surface area contributed by atoms with Gasteiger partial charge in [0.15, 0.2) is 0 Å². The van der Waals surface area contributed by atoms with Crippen LogP contribution in [0.15, 0.2) is 65.8 Å². The van der Waals surface area contributed by atoms with Crippen molar-refractivity contribution in [1.82, 2.24) is 9.91 Å². The molecule has 4 rings (SSSR count). The van der Waals surface area contributed by atoms with E-state index in [1.54, 1.807) is 5.01 Å². The zero-order valence-corrected chi connectivity index (χ0v) is 18.5. The summed E-state index contributed by atoms with van der Waals surface area (Å²) >= 11 is 8.98. The Morgan fingerprint density at radius 1 is 1.07 bits per heavy atom. The molecule has 0 saturated carbocycles. The topological polar surface area (TPSA) is 35.9 Å². The van der Waals surface area contributed by atoms with Crippen LogP contribution in [0, 0.1) is 0 Å². The predicted molar refractivity (Wildman–Crippen MR) is 128 cm³/mol. The highest BCUT2D eigenvalue weighted by Crippen LogP contribution is 2.33. The third kappa shape index (κ3) is 5.02. The number of hydrogen-bond acceptors (Lipinski definition) is 5. The molecule has 0 unspecified atom stereocenters. The van der Waals surface area contributed by atoms with Crippen LogP contribution in [0.2, 0.25) is 0 Å². The molecule has 150 valence electrons. The van der Waals surface area contributed by atoms with Crippen molar-refractivity contribution in [1.29, 1.82) is 0 Å². The quantitative estimate of drug-likeness (QED) is 0.656. The molecule has 2 aromatic carbocycles. The minimum atomic E-state index is -0.0699. The maximum absolute atomic E-state index is 13.1. The SMILES string of the molecule is O=C(CSC(=S)N1CCSCC1)N1N=C(c2ccccc2)C[C@H]1c1ccccc1. The molecule has 1 amide bonds. The number of rotatable bonds is 4. The number of nitrogens with zero attached hydrogens (tertiary/aromatic N) is 3. The van der Waals surface area contributed by atoms with Crippen LogP contribution < -0.4 is 0 Å². The molecule has 1 atom stereocenters. The number of carbonyl (C=O) groups is 1. The van der Waals surface area contributed by atoms with Gasteiger partial charge in [-0.1, -0.05) is 84.6 Å². The van der Waals surface area contributed by atoms with E-state index in [1.807, 2.05) is 60.3 Å². The fraction of sp³-hybridized carbons (Fsp3) is 0.318. The van der Waals surface area contributed by atoms with Gasteiger partial charge in [-0.15, -0.1) is 0 Å². The Hall–Kier alpha value is -1.83. The molecule has 2 aromatic rings. The molecule has 7 heteroatoms. The lowest BCUT2D eigenvalue weighted by Crippen LogP contribution is -2.36. The maximum atomic E-state index is 13.1. The van der Waals surface area contributed by atoms with Crippen LogP contribution >= 0.6 is 35.7 Å². The second-order valence-electron chi connectivity index (χ2n) is 6.94. The van der Waals surface area contributed by atoms with E-state index < -0.39 is 0 Å². The van der Waals surface area contributed by atoms with Gasteiger partial charge < -0.3 is 4.90 Å². The highest BCUT2D eigenvalue weighted by Gasteiger charge is 2.33. The zero-order valence-electron chi connectivity index (χ0n) is 16.1. The summed E-state index contributed by atoms with van der Waals surface area (Å²) < 4.78 is 0.821. The first kappa shape index (κ1) is 20.4. The van der Waals surface area contributed by atoms with Gasteiger partial charge in [-0.25, -0.2) is 5.01 Å². The lowest BCUT2D eigenvalue weighted by Gasteiger charge is -2.28. The number of carbonyl (C=O) groups excluding carboxylic acids is 1. The first-order valence-corrected chi connectivity index (χ1v) is 12.3.